The Balaban J connectivity index is 1.51. The Labute approximate surface area is 310 Å². The molecule has 2 aliphatic heterocycles. The number of aliphatic hydroxyl groups excluding tert-OH is 1. The molecule has 0 aromatic heterocycles. The largest absolute Gasteiger partial charge is 0.379 e. The molecule has 286 valence electrons. The van der Waals surface area contributed by atoms with Gasteiger partial charge in [0.2, 0.25) is 5.91 Å². The highest BCUT2D eigenvalue weighted by Crippen LogP contribution is 2.30. The second kappa shape index (κ2) is 20.3. The van der Waals surface area contributed by atoms with Crippen molar-refractivity contribution in [3.05, 3.63) is 71.8 Å². The number of hydrogen-bond donors (Lipinski definition) is 3. The first kappa shape index (κ1) is 41.5. The van der Waals surface area contributed by atoms with Gasteiger partial charge in [-0.3, -0.25) is 29.4 Å². The quantitative estimate of drug-likeness (QED) is 0.112. The smallest absolute Gasteiger partial charge is 0.224 e. The fraction of sp³-hybridized carbons (Fsp3) is 0.619. The number of nitrogens with one attached hydrogen (secondary N) is 2. The molecular weight excluding hydrogens is 658 g/mol. The number of benzene rings is 2. The van der Waals surface area contributed by atoms with Crippen molar-refractivity contribution in [1.82, 2.24) is 15.5 Å². The monoisotopic (exact) mass is 719 g/mol. The van der Waals surface area contributed by atoms with Crippen molar-refractivity contribution >= 4 is 23.3 Å². The number of rotatable bonds is 23. The maximum Gasteiger partial charge on any atom is 0.224 e. The van der Waals surface area contributed by atoms with E-state index in [-0.39, 0.29) is 47.9 Å². The lowest BCUT2D eigenvalue weighted by molar-refractivity contribution is -0.134. The molecule has 2 fully saturated rings. The fourth-order valence-electron chi connectivity index (χ4n) is 6.99. The second-order valence-corrected chi connectivity index (χ2v) is 15.8. The Bertz CT molecular complexity index is 1420. The SMILES string of the molecule is CC(C)C[C@H](NC(O)[C@H](CCc1ccccc1)CC(=O)CN1CCOCC1)C(=O)C[C@@H](Cc1ccccc1)C(=O)N[C@@H](CC(C)C)C(=O)[C@@]1(C)CO1. The van der Waals surface area contributed by atoms with Crippen LogP contribution in [-0.2, 0) is 41.5 Å². The Kier molecular flexibility index (Phi) is 16.2. The first-order valence-electron chi connectivity index (χ1n) is 19.2. The number of epoxide rings is 1. The molecule has 1 amide bonds. The van der Waals surface area contributed by atoms with Crippen molar-refractivity contribution < 1.29 is 33.8 Å². The molecule has 4 rings (SSSR count). The van der Waals surface area contributed by atoms with E-state index >= 15 is 0 Å². The number of hydrogen-bond acceptors (Lipinski definition) is 9. The highest BCUT2D eigenvalue weighted by atomic mass is 16.6. The normalized spacial score (nSPS) is 20.5. The van der Waals surface area contributed by atoms with Gasteiger partial charge in [0.05, 0.1) is 38.4 Å². The average Bonchev–Trinajstić information content (AvgIpc) is 3.87. The van der Waals surface area contributed by atoms with Gasteiger partial charge in [-0.1, -0.05) is 88.4 Å². The molecule has 2 aromatic carbocycles. The molecule has 2 saturated heterocycles. The van der Waals surface area contributed by atoms with Gasteiger partial charge in [-0.05, 0) is 62.0 Å². The Morgan fingerprint density at radius 1 is 0.846 bits per heavy atom. The topological polar surface area (TPSA) is 138 Å². The van der Waals surface area contributed by atoms with Gasteiger partial charge < -0.3 is 19.9 Å². The third-order valence-corrected chi connectivity index (χ3v) is 10.1. The summed E-state index contributed by atoms with van der Waals surface area (Å²) in [6.07, 6.45) is 1.47. The third kappa shape index (κ3) is 13.6. The van der Waals surface area contributed by atoms with Crippen LogP contribution in [0.3, 0.4) is 0 Å². The van der Waals surface area contributed by atoms with Crippen LogP contribution in [0.25, 0.3) is 0 Å². The molecule has 2 aromatic rings. The van der Waals surface area contributed by atoms with Crippen LogP contribution in [0.2, 0.25) is 0 Å². The standard InChI is InChI=1S/C42H61N3O7/c1-29(2)22-36(43-40(49)33(17-16-31-12-8-6-9-13-31)25-35(46)27-45-18-20-51-21-19-45)38(47)26-34(24-32-14-10-7-11-15-32)41(50)44-37(23-30(3)4)39(48)42(5)28-52-42/h6-15,29-30,33-34,36-37,40,43,49H,16-28H2,1-5H3,(H,44,50)/t33-,34-,36+,37+,40?,42-/m1/s1. The molecule has 3 N–H and O–H groups in total. The maximum absolute atomic E-state index is 14.2. The molecule has 10 heteroatoms. The first-order chi connectivity index (χ1) is 24.8. The average molecular weight is 720 g/mol. The summed E-state index contributed by atoms with van der Waals surface area (Å²) >= 11 is 0. The van der Waals surface area contributed by atoms with E-state index in [1.165, 1.54) is 0 Å². The van der Waals surface area contributed by atoms with Crippen molar-refractivity contribution in [3.8, 4) is 0 Å². The van der Waals surface area contributed by atoms with Crippen LogP contribution in [0.5, 0.6) is 0 Å². The zero-order chi connectivity index (χ0) is 37.7. The van der Waals surface area contributed by atoms with Crippen molar-refractivity contribution in [1.29, 1.82) is 0 Å². The lowest BCUT2D eigenvalue weighted by atomic mass is 9.87. The van der Waals surface area contributed by atoms with E-state index in [0.29, 0.717) is 71.6 Å². The van der Waals surface area contributed by atoms with Crippen molar-refractivity contribution in [2.75, 3.05) is 39.5 Å². The van der Waals surface area contributed by atoms with Gasteiger partial charge >= 0.3 is 0 Å². The van der Waals surface area contributed by atoms with Crippen LogP contribution in [0, 0.1) is 23.7 Å². The van der Waals surface area contributed by atoms with Gasteiger partial charge in [-0.25, -0.2) is 0 Å². The molecule has 0 spiro atoms. The van der Waals surface area contributed by atoms with Gasteiger partial charge in [0.25, 0.3) is 0 Å². The second-order valence-electron chi connectivity index (χ2n) is 15.8. The molecule has 0 radical (unpaired) electrons. The highest BCUT2D eigenvalue weighted by molar-refractivity contribution is 5.97. The molecule has 0 aliphatic carbocycles. The van der Waals surface area contributed by atoms with Gasteiger partial charge in [0, 0.05) is 37.8 Å². The number of carbonyl (C=O) groups excluding carboxylic acids is 4. The Morgan fingerprint density at radius 2 is 1.42 bits per heavy atom. The molecular formula is C42H61N3O7. The van der Waals surface area contributed by atoms with Crippen molar-refractivity contribution in [2.45, 2.75) is 103 Å². The number of aliphatic hydroxyl groups is 1. The number of nitrogens with zero attached hydrogens (tertiary/aromatic N) is 1. The Hall–Kier alpha value is -3.28. The van der Waals surface area contributed by atoms with Gasteiger partial charge in [0.1, 0.15) is 17.6 Å². The number of morpholine rings is 1. The van der Waals surface area contributed by atoms with E-state index in [9.17, 15) is 24.3 Å². The van der Waals surface area contributed by atoms with Crippen LogP contribution in [0.15, 0.2) is 60.7 Å². The summed E-state index contributed by atoms with van der Waals surface area (Å²) in [5.41, 5.74) is 1.13. The summed E-state index contributed by atoms with van der Waals surface area (Å²) in [4.78, 5) is 57.1. The highest BCUT2D eigenvalue weighted by Gasteiger charge is 2.50. The lowest BCUT2D eigenvalue weighted by Crippen LogP contribution is -2.51. The zero-order valence-electron chi connectivity index (χ0n) is 31.9. The summed E-state index contributed by atoms with van der Waals surface area (Å²) in [5, 5.41) is 18.0. The summed E-state index contributed by atoms with van der Waals surface area (Å²) in [5.74, 6) is -1.52. The predicted octanol–water partition coefficient (Wildman–Crippen LogP) is 4.56. The molecule has 1 unspecified atom stereocenters. The van der Waals surface area contributed by atoms with E-state index in [0.717, 1.165) is 11.1 Å². The van der Waals surface area contributed by atoms with E-state index in [4.69, 9.17) is 9.47 Å². The van der Waals surface area contributed by atoms with Crippen molar-refractivity contribution in [2.24, 2.45) is 23.7 Å². The van der Waals surface area contributed by atoms with E-state index in [1.807, 2.05) is 88.4 Å². The number of ether oxygens (including phenoxy) is 2. The van der Waals surface area contributed by atoms with E-state index in [2.05, 4.69) is 15.5 Å². The van der Waals surface area contributed by atoms with Crippen LogP contribution in [0.1, 0.15) is 77.8 Å². The number of Topliss-reactive ketones (excluding diaryl/α,β-unsaturated/α-hetero) is 3. The number of ketones is 3. The van der Waals surface area contributed by atoms with Crippen LogP contribution in [0.4, 0.5) is 0 Å². The fourth-order valence-corrected chi connectivity index (χ4v) is 6.99. The molecule has 2 aliphatic rings. The number of aryl methyl sites for hydroxylation is 1. The number of amides is 1. The number of carbonyl (C=O) groups is 4. The van der Waals surface area contributed by atoms with Gasteiger partial charge in [0.15, 0.2) is 11.6 Å². The van der Waals surface area contributed by atoms with Crippen molar-refractivity contribution in [3.63, 3.8) is 0 Å². The molecule has 52 heavy (non-hydrogen) atoms. The minimum absolute atomic E-state index is 0.0445. The van der Waals surface area contributed by atoms with Crippen LogP contribution < -0.4 is 10.6 Å². The molecule has 0 saturated carbocycles. The maximum atomic E-state index is 14.2. The van der Waals surface area contributed by atoms with E-state index < -0.39 is 35.7 Å². The predicted molar refractivity (Wildman–Crippen MR) is 202 cm³/mol. The lowest BCUT2D eigenvalue weighted by Gasteiger charge is -2.31. The molecule has 10 nitrogen and oxygen atoms in total. The van der Waals surface area contributed by atoms with E-state index in [1.54, 1.807) is 6.92 Å². The molecule has 2 heterocycles. The third-order valence-electron chi connectivity index (χ3n) is 10.1. The summed E-state index contributed by atoms with van der Waals surface area (Å²) in [7, 11) is 0. The molecule has 6 atom stereocenters. The van der Waals surface area contributed by atoms with Gasteiger partial charge in [-0.15, -0.1) is 0 Å². The summed E-state index contributed by atoms with van der Waals surface area (Å²) in [6.45, 7) is 13.0. The zero-order valence-corrected chi connectivity index (χ0v) is 31.9. The summed E-state index contributed by atoms with van der Waals surface area (Å²) in [6, 6.07) is 18.1. The van der Waals surface area contributed by atoms with Crippen LogP contribution in [-0.4, -0.2) is 96.6 Å². The minimum Gasteiger partial charge on any atom is -0.379 e. The summed E-state index contributed by atoms with van der Waals surface area (Å²) < 4.78 is 10.9. The first-order valence-corrected chi connectivity index (χ1v) is 19.2. The van der Waals surface area contributed by atoms with Crippen LogP contribution >= 0.6 is 0 Å². The molecule has 0 bridgehead atoms. The Morgan fingerprint density at radius 3 is 2.00 bits per heavy atom. The minimum atomic E-state index is -1.11. The van der Waals surface area contributed by atoms with Gasteiger partial charge in [-0.2, -0.15) is 0 Å².